The SMILES string of the molecule is C=CC(=O)c1sc2ncnc(Nc3cccnc3OC3CCCCC3)c2c1C. The number of carbonyl (C=O) groups excluding carboxylic acids is 1. The standard InChI is InChI=1S/C21H22N4O2S/c1-3-16(26)18-13(2)17-19(23-12-24-21(17)28-18)25-15-10-7-11-22-20(15)27-14-8-5-4-6-9-14/h3,7,10-12,14H,1,4-6,8-9H2,2H3,(H,23,24,25). The average Bonchev–Trinajstić information content (AvgIpc) is 3.07. The van der Waals surface area contributed by atoms with E-state index in [-0.39, 0.29) is 11.9 Å². The molecule has 7 heteroatoms. The first-order valence-corrected chi connectivity index (χ1v) is 10.3. The third kappa shape index (κ3) is 3.62. The number of thiophene rings is 1. The molecule has 0 spiro atoms. The highest BCUT2D eigenvalue weighted by Crippen LogP contribution is 2.36. The molecule has 0 bridgehead atoms. The van der Waals surface area contributed by atoms with Gasteiger partial charge in [-0.05, 0) is 56.4 Å². The molecule has 3 heterocycles. The van der Waals surface area contributed by atoms with Crippen molar-refractivity contribution in [2.45, 2.75) is 45.1 Å². The Labute approximate surface area is 167 Å². The molecule has 1 saturated carbocycles. The van der Waals surface area contributed by atoms with Crippen molar-refractivity contribution >= 4 is 38.8 Å². The molecular formula is C21H22N4O2S. The molecule has 3 aromatic rings. The van der Waals surface area contributed by atoms with Crippen molar-refractivity contribution in [2.24, 2.45) is 0 Å². The first-order chi connectivity index (χ1) is 13.7. The van der Waals surface area contributed by atoms with E-state index in [4.69, 9.17) is 4.74 Å². The molecule has 3 aromatic heterocycles. The van der Waals surface area contributed by atoms with Gasteiger partial charge in [0.15, 0.2) is 5.78 Å². The van der Waals surface area contributed by atoms with Crippen molar-refractivity contribution in [3.63, 3.8) is 0 Å². The zero-order valence-corrected chi connectivity index (χ0v) is 16.6. The lowest BCUT2D eigenvalue weighted by molar-refractivity contribution is 0.105. The van der Waals surface area contributed by atoms with Crippen LogP contribution in [-0.4, -0.2) is 26.8 Å². The van der Waals surface area contributed by atoms with Gasteiger partial charge in [0.25, 0.3) is 0 Å². The second-order valence-electron chi connectivity index (χ2n) is 6.89. The highest BCUT2D eigenvalue weighted by atomic mass is 32.1. The number of aromatic nitrogens is 3. The summed E-state index contributed by atoms with van der Waals surface area (Å²) < 4.78 is 6.18. The van der Waals surface area contributed by atoms with E-state index in [9.17, 15) is 4.79 Å². The molecule has 0 atom stereocenters. The number of rotatable bonds is 6. The monoisotopic (exact) mass is 394 g/mol. The highest BCUT2D eigenvalue weighted by Gasteiger charge is 2.20. The van der Waals surface area contributed by atoms with Gasteiger partial charge in [0.1, 0.15) is 28.8 Å². The molecular weight excluding hydrogens is 372 g/mol. The Bertz CT molecular complexity index is 1020. The third-order valence-electron chi connectivity index (χ3n) is 4.99. The highest BCUT2D eigenvalue weighted by molar-refractivity contribution is 7.20. The van der Waals surface area contributed by atoms with Crippen molar-refractivity contribution in [1.82, 2.24) is 15.0 Å². The van der Waals surface area contributed by atoms with Crippen molar-refractivity contribution in [3.05, 3.63) is 47.8 Å². The summed E-state index contributed by atoms with van der Waals surface area (Å²) in [5.74, 6) is 1.12. The molecule has 0 amide bonds. The van der Waals surface area contributed by atoms with E-state index in [0.29, 0.717) is 16.6 Å². The normalized spacial score (nSPS) is 14.8. The number of nitrogens with one attached hydrogen (secondary N) is 1. The summed E-state index contributed by atoms with van der Waals surface area (Å²) in [6.45, 7) is 5.50. The summed E-state index contributed by atoms with van der Waals surface area (Å²) in [6.07, 6.45) is 10.5. The molecule has 0 saturated heterocycles. The molecule has 144 valence electrons. The Hall–Kier alpha value is -2.80. The number of carbonyl (C=O) groups is 1. The molecule has 1 fully saturated rings. The van der Waals surface area contributed by atoms with Crippen LogP contribution in [0, 0.1) is 6.92 Å². The second kappa shape index (κ2) is 8.06. The summed E-state index contributed by atoms with van der Waals surface area (Å²) in [5, 5.41) is 4.19. The number of allylic oxidation sites excluding steroid dienone is 1. The minimum Gasteiger partial charge on any atom is -0.473 e. The maximum atomic E-state index is 12.1. The fourth-order valence-corrected chi connectivity index (χ4v) is 4.63. The molecule has 1 aliphatic carbocycles. The maximum Gasteiger partial charge on any atom is 0.238 e. The van der Waals surface area contributed by atoms with E-state index in [1.165, 1.54) is 43.0 Å². The minimum absolute atomic E-state index is 0.103. The van der Waals surface area contributed by atoms with Crippen LogP contribution in [0.4, 0.5) is 11.5 Å². The van der Waals surface area contributed by atoms with E-state index >= 15 is 0 Å². The average molecular weight is 395 g/mol. The molecule has 4 rings (SSSR count). The zero-order valence-electron chi connectivity index (χ0n) is 15.8. The van der Waals surface area contributed by atoms with Gasteiger partial charge in [-0.15, -0.1) is 11.3 Å². The Morgan fingerprint density at radius 2 is 2.11 bits per heavy atom. The Kier molecular flexibility index (Phi) is 5.34. The predicted molar refractivity (Wildman–Crippen MR) is 112 cm³/mol. The van der Waals surface area contributed by atoms with E-state index in [0.717, 1.165) is 34.3 Å². The lowest BCUT2D eigenvalue weighted by atomic mass is 9.98. The van der Waals surface area contributed by atoms with Crippen LogP contribution >= 0.6 is 11.3 Å². The van der Waals surface area contributed by atoms with E-state index in [2.05, 4.69) is 26.8 Å². The van der Waals surface area contributed by atoms with E-state index < -0.39 is 0 Å². The van der Waals surface area contributed by atoms with Gasteiger partial charge >= 0.3 is 0 Å². The fourth-order valence-electron chi connectivity index (χ4n) is 3.54. The molecule has 1 aliphatic rings. The van der Waals surface area contributed by atoms with Crippen molar-refractivity contribution in [3.8, 4) is 5.88 Å². The minimum atomic E-state index is -0.103. The number of hydrogen-bond acceptors (Lipinski definition) is 7. The van der Waals surface area contributed by atoms with Gasteiger partial charge in [0, 0.05) is 6.20 Å². The van der Waals surface area contributed by atoms with Crippen LogP contribution in [0.1, 0.15) is 47.3 Å². The van der Waals surface area contributed by atoms with Gasteiger partial charge in [-0.3, -0.25) is 4.79 Å². The van der Waals surface area contributed by atoms with Gasteiger partial charge in [-0.2, -0.15) is 0 Å². The number of pyridine rings is 1. The first-order valence-electron chi connectivity index (χ1n) is 9.47. The second-order valence-corrected chi connectivity index (χ2v) is 7.89. The summed E-state index contributed by atoms with van der Waals surface area (Å²) in [7, 11) is 0. The number of ether oxygens (including phenoxy) is 1. The van der Waals surface area contributed by atoms with Gasteiger partial charge in [0.05, 0.1) is 10.3 Å². The molecule has 0 unspecified atom stereocenters. The van der Waals surface area contributed by atoms with Crippen molar-refractivity contribution in [1.29, 1.82) is 0 Å². The van der Waals surface area contributed by atoms with Gasteiger partial charge < -0.3 is 10.1 Å². The molecule has 1 N–H and O–H groups in total. The van der Waals surface area contributed by atoms with Crippen molar-refractivity contribution < 1.29 is 9.53 Å². The largest absolute Gasteiger partial charge is 0.473 e. The zero-order chi connectivity index (χ0) is 19.5. The van der Waals surface area contributed by atoms with Crippen molar-refractivity contribution in [2.75, 3.05) is 5.32 Å². The lowest BCUT2D eigenvalue weighted by Crippen LogP contribution is -2.20. The summed E-state index contributed by atoms with van der Waals surface area (Å²) in [4.78, 5) is 26.7. The quantitative estimate of drug-likeness (QED) is 0.456. The van der Waals surface area contributed by atoms with Crippen LogP contribution in [0.25, 0.3) is 10.2 Å². The van der Waals surface area contributed by atoms with Crippen LogP contribution in [0.2, 0.25) is 0 Å². The lowest BCUT2D eigenvalue weighted by Gasteiger charge is -2.23. The summed E-state index contributed by atoms with van der Waals surface area (Å²) in [6, 6.07) is 3.79. The predicted octanol–water partition coefficient (Wildman–Crippen LogP) is 5.22. The smallest absolute Gasteiger partial charge is 0.238 e. The molecule has 6 nitrogen and oxygen atoms in total. The van der Waals surface area contributed by atoms with E-state index in [1.54, 1.807) is 6.20 Å². The molecule has 0 radical (unpaired) electrons. The van der Waals surface area contributed by atoms with E-state index in [1.807, 2.05) is 19.1 Å². The van der Waals surface area contributed by atoms with Crippen LogP contribution in [0.3, 0.4) is 0 Å². The fraction of sp³-hybridized carbons (Fsp3) is 0.333. The van der Waals surface area contributed by atoms with Crippen LogP contribution < -0.4 is 10.1 Å². The van der Waals surface area contributed by atoms with Crippen LogP contribution in [-0.2, 0) is 0 Å². The molecule has 0 aromatic carbocycles. The summed E-state index contributed by atoms with van der Waals surface area (Å²) in [5.41, 5.74) is 1.61. The topological polar surface area (TPSA) is 77.0 Å². The third-order valence-corrected chi connectivity index (χ3v) is 6.21. The number of fused-ring (bicyclic) bond motifs is 1. The van der Waals surface area contributed by atoms with Crippen LogP contribution in [0.15, 0.2) is 37.3 Å². The van der Waals surface area contributed by atoms with Crippen LogP contribution in [0.5, 0.6) is 5.88 Å². The number of hydrogen-bond donors (Lipinski definition) is 1. The number of nitrogens with zero attached hydrogens (tertiary/aromatic N) is 3. The molecule has 0 aliphatic heterocycles. The number of ketones is 1. The van der Waals surface area contributed by atoms with Gasteiger partial charge in [-0.25, -0.2) is 15.0 Å². The van der Waals surface area contributed by atoms with Gasteiger partial charge in [-0.1, -0.05) is 13.0 Å². The number of aryl methyl sites for hydroxylation is 1. The molecule has 28 heavy (non-hydrogen) atoms. The number of anilines is 2. The Morgan fingerprint density at radius 1 is 1.29 bits per heavy atom. The first kappa shape index (κ1) is 18.6. The summed E-state index contributed by atoms with van der Waals surface area (Å²) >= 11 is 1.36. The Morgan fingerprint density at radius 3 is 2.89 bits per heavy atom. The Balaban J connectivity index is 1.68. The van der Waals surface area contributed by atoms with Gasteiger partial charge in [0.2, 0.25) is 5.88 Å². The maximum absolute atomic E-state index is 12.1.